The van der Waals surface area contributed by atoms with Crippen LogP contribution in [0.4, 0.5) is 0 Å². The predicted molar refractivity (Wildman–Crippen MR) is 47.4 cm³/mol. The summed E-state index contributed by atoms with van der Waals surface area (Å²) >= 11 is 5.73. The zero-order chi connectivity index (χ0) is 8.36. The summed E-state index contributed by atoms with van der Waals surface area (Å²) in [6, 6.07) is -0.854. The number of hydrogen-bond donors (Lipinski definition) is 2. The van der Waals surface area contributed by atoms with Crippen molar-refractivity contribution in [2.45, 2.75) is 31.2 Å². The van der Waals surface area contributed by atoms with Gasteiger partial charge in [0.1, 0.15) is 6.04 Å². The first-order valence-corrected chi connectivity index (χ1v) is 3.38. The fourth-order valence-electron chi connectivity index (χ4n) is 0.610. The van der Waals surface area contributed by atoms with Gasteiger partial charge in [0, 0.05) is 4.87 Å². The van der Waals surface area contributed by atoms with Crippen LogP contribution in [0.3, 0.4) is 0 Å². The van der Waals surface area contributed by atoms with E-state index >= 15 is 0 Å². The molecule has 0 aromatic rings. The van der Waals surface area contributed by atoms with Crippen molar-refractivity contribution in [1.82, 2.24) is 0 Å². The molecule has 3 nitrogen and oxygen atoms in total. The minimum Gasteiger partial charge on any atom is -0.480 e. The molecule has 5 heteroatoms. The fraction of sp³-hybridized carbons (Fsp3) is 0.833. The van der Waals surface area contributed by atoms with Crippen molar-refractivity contribution in [3.05, 3.63) is 0 Å². The highest BCUT2D eigenvalue weighted by Crippen LogP contribution is 2.18. The third kappa shape index (κ3) is 7.91. The Bertz CT molecular complexity index is 133. The average Bonchev–Trinajstić information content (AvgIpc) is 1.60. The molecular formula is C6H13Cl2NO2. The summed E-state index contributed by atoms with van der Waals surface area (Å²) in [6.45, 7) is 3.47. The van der Waals surface area contributed by atoms with E-state index in [-0.39, 0.29) is 18.8 Å². The standard InChI is InChI=1S/C6H12ClNO2.ClH/c1-6(2,7)3-4(8)5(9)10;/h4H,3,8H2,1-2H3,(H,9,10);1H. The zero-order valence-electron chi connectivity index (χ0n) is 6.50. The maximum atomic E-state index is 10.2. The van der Waals surface area contributed by atoms with Gasteiger partial charge in [0.25, 0.3) is 0 Å². The lowest BCUT2D eigenvalue weighted by Gasteiger charge is -2.17. The molecule has 0 radical (unpaired) electrons. The maximum Gasteiger partial charge on any atom is 0.320 e. The van der Waals surface area contributed by atoms with Crippen molar-refractivity contribution >= 4 is 30.0 Å². The summed E-state index contributed by atoms with van der Waals surface area (Å²) in [7, 11) is 0. The molecule has 0 rings (SSSR count). The van der Waals surface area contributed by atoms with Crippen molar-refractivity contribution in [3.63, 3.8) is 0 Å². The number of carboxylic acid groups (broad SMARTS) is 1. The molecule has 0 aliphatic heterocycles. The van der Waals surface area contributed by atoms with Crippen LogP contribution in [0, 0.1) is 0 Å². The van der Waals surface area contributed by atoms with Gasteiger partial charge in [-0.2, -0.15) is 0 Å². The molecule has 0 heterocycles. The molecule has 0 amide bonds. The Hall–Kier alpha value is 0.01000. The first kappa shape index (κ1) is 13.6. The van der Waals surface area contributed by atoms with Crippen molar-refractivity contribution in [2.24, 2.45) is 5.73 Å². The highest BCUT2D eigenvalue weighted by atomic mass is 35.5. The summed E-state index contributed by atoms with van der Waals surface area (Å²) < 4.78 is 0. The lowest BCUT2D eigenvalue weighted by atomic mass is 10.0. The van der Waals surface area contributed by atoms with Crippen LogP contribution < -0.4 is 5.73 Å². The first-order valence-electron chi connectivity index (χ1n) is 3.00. The first-order chi connectivity index (χ1) is 4.33. The molecule has 0 aliphatic carbocycles. The van der Waals surface area contributed by atoms with Crippen LogP contribution >= 0.6 is 24.0 Å². The van der Waals surface area contributed by atoms with E-state index in [1.807, 2.05) is 0 Å². The van der Waals surface area contributed by atoms with Crippen LogP contribution in [-0.2, 0) is 4.79 Å². The molecule has 3 N–H and O–H groups in total. The molecule has 68 valence electrons. The van der Waals surface area contributed by atoms with Gasteiger partial charge in [-0.15, -0.1) is 24.0 Å². The van der Waals surface area contributed by atoms with E-state index in [1.165, 1.54) is 0 Å². The van der Waals surface area contributed by atoms with Gasteiger partial charge < -0.3 is 10.8 Å². The topological polar surface area (TPSA) is 63.3 Å². The summed E-state index contributed by atoms with van der Waals surface area (Å²) in [5, 5.41) is 8.36. The Balaban J connectivity index is 0. The van der Waals surface area contributed by atoms with Gasteiger partial charge in [0.05, 0.1) is 0 Å². The Morgan fingerprint density at radius 2 is 2.09 bits per heavy atom. The van der Waals surface area contributed by atoms with Gasteiger partial charge in [0.2, 0.25) is 0 Å². The second-order valence-corrected chi connectivity index (χ2v) is 3.89. The number of rotatable bonds is 3. The molecule has 1 unspecified atom stereocenters. The van der Waals surface area contributed by atoms with E-state index in [1.54, 1.807) is 13.8 Å². The Kier molecular flexibility index (Phi) is 5.93. The Morgan fingerprint density at radius 1 is 1.73 bits per heavy atom. The smallest absolute Gasteiger partial charge is 0.320 e. The van der Waals surface area contributed by atoms with E-state index < -0.39 is 16.9 Å². The quantitative estimate of drug-likeness (QED) is 0.676. The van der Waals surface area contributed by atoms with Gasteiger partial charge >= 0.3 is 5.97 Å². The zero-order valence-corrected chi connectivity index (χ0v) is 8.08. The van der Waals surface area contributed by atoms with Crippen LogP contribution in [0.25, 0.3) is 0 Å². The van der Waals surface area contributed by atoms with Gasteiger partial charge in [-0.05, 0) is 20.3 Å². The van der Waals surface area contributed by atoms with Crippen molar-refractivity contribution in [2.75, 3.05) is 0 Å². The third-order valence-electron chi connectivity index (χ3n) is 1.02. The van der Waals surface area contributed by atoms with E-state index in [2.05, 4.69) is 0 Å². The number of halogens is 2. The molecule has 0 aromatic carbocycles. The van der Waals surface area contributed by atoms with E-state index in [4.69, 9.17) is 22.4 Å². The maximum absolute atomic E-state index is 10.2. The van der Waals surface area contributed by atoms with E-state index in [0.717, 1.165) is 0 Å². The largest absolute Gasteiger partial charge is 0.480 e. The molecule has 1 atom stereocenters. The number of hydrogen-bond acceptors (Lipinski definition) is 2. The predicted octanol–water partition coefficient (Wildman–Crippen LogP) is 1.23. The van der Waals surface area contributed by atoms with Crippen LogP contribution in [-0.4, -0.2) is 22.0 Å². The third-order valence-corrected chi connectivity index (χ3v) is 1.18. The summed E-state index contributed by atoms with van der Waals surface area (Å²) in [5.41, 5.74) is 5.22. The summed E-state index contributed by atoms with van der Waals surface area (Å²) in [6.07, 6.45) is 0.282. The van der Waals surface area contributed by atoms with Crippen molar-refractivity contribution < 1.29 is 9.90 Å². The lowest BCUT2D eigenvalue weighted by Crippen LogP contribution is -2.35. The Labute approximate surface area is 77.3 Å². The molecule has 11 heavy (non-hydrogen) atoms. The van der Waals surface area contributed by atoms with Crippen LogP contribution in [0.5, 0.6) is 0 Å². The van der Waals surface area contributed by atoms with Gasteiger partial charge in [-0.25, -0.2) is 0 Å². The van der Waals surface area contributed by atoms with Crippen LogP contribution in [0.2, 0.25) is 0 Å². The van der Waals surface area contributed by atoms with Gasteiger partial charge in [-0.1, -0.05) is 0 Å². The lowest BCUT2D eigenvalue weighted by molar-refractivity contribution is -0.138. The summed E-state index contributed by atoms with van der Waals surface area (Å²) in [5.74, 6) is -1.01. The van der Waals surface area contributed by atoms with Gasteiger partial charge in [0.15, 0.2) is 0 Å². The molecule has 0 saturated carbocycles. The Morgan fingerprint density at radius 3 is 2.18 bits per heavy atom. The van der Waals surface area contributed by atoms with Crippen LogP contribution in [0.1, 0.15) is 20.3 Å². The van der Waals surface area contributed by atoms with Crippen molar-refractivity contribution in [3.8, 4) is 0 Å². The molecule has 0 bridgehead atoms. The number of alkyl halides is 1. The van der Waals surface area contributed by atoms with E-state index in [9.17, 15) is 4.79 Å². The highest BCUT2D eigenvalue weighted by molar-refractivity contribution is 6.23. The fourth-order valence-corrected chi connectivity index (χ4v) is 0.776. The number of carboxylic acids is 1. The van der Waals surface area contributed by atoms with Gasteiger partial charge in [-0.3, -0.25) is 4.79 Å². The molecular weight excluding hydrogens is 189 g/mol. The molecule has 0 aliphatic rings. The number of carbonyl (C=O) groups is 1. The summed E-state index contributed by atoms with van der Waals surface area (Å²) in [4.78, 5) is 9.66. The minimum atomic E-state index is -1.01. The molecule has 0 fully saturated rings. The number of aliphatic carboxylic acids is 1. The van der Waals surface area contributed by atoms with E-state index in [0.29, 0.717) is 0 Å². The normalized spacial score (nSPS) is 13.5. The SMILES string of the molecule is CC(C)(Cl)CC(N)C(=O)O.Cl. The molecule has 0 aromatic heterocycles. The second-order valence-electron chi connectivity index (χ2n) is 2.87. The number of nitrogens with two attached hydrogens (primary N) is 1. The average molecular weight is 202 g/mol. The minimum absolute atomic E-state index is 0. The molecule has 0 spiro atoms. The second kappa shape index (κ2) is 4.80. The van der Waals surface area contributed by atoms with Crippen molar-refractivity contribution in [1.29, 1.82) is 0 Å². The monoisotopic (exact) mass is 201 g/mol. The van der Waals surface area contributed by atoms with Crippen LogP contribution in [0.15, 0.2) is 0 Å². The highest BCUT2D eigenvalue weighted by Gasteiger charge is 2.22. The molecule has 0 saturated heterocycles.